The Hall–Kier alpha value is -2.03. The molecule has 86 valence electrons. The summed E-state index contributed by atoms with van der Waals surface area (Å²) in [6.07, 6.45) is 3.10. The third kappa shape index (κ3) is 1.46. The normalized spacial score (nSPS) is 20.8. The van der Waals surface area contributed by atoms with Gasteiger partial charge in [0.05, 0.1) is 5.71 Å². The molecule has 3 rings (SSSR count). The summed E-state index contributed by atoms with van der Waals surface area (Å²) in [5.41, 5.74) is 4.73. The second-order valence-corrected chi connectivity index (χ2v) is 4.50. The lowest BCUT2D eigenvalue weighted by atomic mass is 10.1. The van der Waals surface area contributed by atoms with E-state index < -0.39 is 0 Å². The lowest BCUT2D eigenvalue weighted by Crippen LogP contribution is -2.08. The fourth-order valence-electron chi connectivity index (χ4n) is 2.59. The van der Waals surface area contributed by atoms with Gasteiger partial charge in [-0.1, -0.05) is 25.1 Å². The van der Waals surface area contributed by atoms with Crippen molar-refractivity contribution in [2.75, 3.05) is 0 Å². The molecule has 1 heterocycles. The first kappa shape index (κ1) is 10.1. The molecule has 3 nitrogen and oxygen atoms in total. The quantitative estimate of drug-likeness (QED) is 0.587. The summed E-state index contributed by atoms with van der Waals surface area (Å²) in [6, 6.07) is 12.5. The van der Waals surface area contributed by atoms with Crippen molar-refractivity contribution in [1.29, 1.82) is 0 Å². The molecule has 1 unspecified atom stereocenters. The van der Waals surface area contributed by atoms with Crippen LogP contribution in [0.5, 0.6) is 0 Å². The number of benzene rings is 1. The van der Waals surface area contributed by atoms with Gasteiger partial charge < -0.3 is 10.4 Å². The molecule has 1 aromatic heterocycles. The number of nitrogens with two attached hydrogens (primary N) is 1. The molecule has 1 aliphatic rings. The average molecular weight is 225 g/mol. The van der Waals surface area contributed by atoms with E-state index in [9.17, 15) is 0 Å². The van der Waals surface area contributed by atoms with Crippen LogP contribution in [0.25, 0.3) is 5.69 Å². The number of aromatic nitrogens is 1. The smallest absolute Gasteiger partial charge is 0.0722 e. The maximum Gasteiger partial charge on any atom is 0.0722 e. The van der Waals surface area contributed by atoms with Gasteiger partial charge in [0, 0.05) is 29.1 Å². The van der Waals surface area contributed by atoms with Crippen molar-refractivity contribution in [3.8, 4) is 5.69 Å². The third-order valence-electron chi connectivity index (χ3n) is 3.41. The first-order valence-corrected chi connectivity index (χ1v) is 5.85. The minimum absolute atomic E-state index is 0.418. The lowest BCUT2D eigenvalue weighted by molar-refractivity contribution is 0.759. The van der Waals surface area contributed by atoms with Gasteiger partial charge in [0.25, 0.3) is 0 Å². The average Bonchev–Trinajstić information content (AvgIpc) is 2.87. The maximum absolute atomic E-state index is 5.47. The molecule has 1 atom stereocenters. The predicted octanol–water partition coefficient (Wildman–Crippen LogP) is 2.33. The molecule has 0 spiro atoms. The number of rotatable bonds is 1. The largest absolute Gasteiger partial charge is 0.323 e. The summed E-state index contributed by atoms with van der Waals surface area (Å²) in [7, 11) is 0. The monoisotopic (exact) mass is 225 g/mol. The van der Waals surface area contributed by atoms with E-state index in [1.165, 1.54) is 16.9 Å². The number of hydrogen-bond acceptors (Lipinski definition) is 2. The Morgan fingerprint density at radius 1 is 1.24 bits per heavy atom. The third-order valence-corrected chi connectivity index (χ3v) is 3.41. The van der Waals surface area contributed by atoms with Crippen molar-refractivity contribution in [1.82, 2.24) is 4.57 Å². The summed E-state index contributed by atoms with van der Waals surface area (Å²) in [5.74, 6) is 5.88. The number of hydrazone groups is 1. The number of hydrogen-bond donors (Lipinski definition) is 1. The standard InChI is InChI=1S/C14H15N3/c1-10-9-13-12(14(10)16-15)7-8-17(13)11-5-3-2-4-6-11/h2-8,10H,9,15H2,1H3. The molecule has 1 aromatic carbocycles. The first-order valence-electron chi connectivity index (χ1n) is 5.85. The lowest BCUT2D eigenvalue weighted by Gasteiger charge is -2.07. The predicted molar refractivity (Wildman–Crippen MR) is 69.4 cm³/mol. The van der Waals surface area contributed by atoms with Crippen LogP contribution in [-0.4, -0.2) is 10.3 Å². The van der Waals surface area contributed by atoms with Gasteiger partial charge in [0.1, 0.15) is 0 Å². The van der Waals surface area contributed by atoms with Gasteiger partial charge in [-0.3, -0.25) is 0 Å². The molecule has 0 amide bonds. The number of fused-ring (bicyclic) bond motifs is 1. The minimum atomic E-state index is 0.418. The van der Waals surface area contributed by atoms with Crippen molar-refractivity contribution in [3.05, 3.63) is 53.9 Å². The molecular formula is C14H15N3. The highest BCUT2D eigenvalue weighted by Gasteiger charge is 2.28. The molecule has 0 radical (unpaired) electrons. The van der Waals surface area contributed by atoms with E-state index in [1.807, 2.05) is 6.07 Å². The maximum atomic E-state index is 5.47. The van der Waals surface area contributed by atoms with Crippen LogP contribution in [0.2, 0.25) is 0 Å². The van der Waals surface area contributed by atoms with Crippen molar-refractivity contribution < 1.29 is 0 Å². The Morgan fingerprint density at radius 2 is 2.00 bits per heavy atom. The summed E-state index contributed by atoms with van der Waals surface area (Å²) in [6.45, 7) is 2.17. The van der Waals surface area contributed by atoms with Gasteiger partial charge in [0.2, 0.25) is 0 Å². The van der Waals surface area contributed by atoms with Crippen molar-refractivity contribution in [2.45, 2.75) is 13.3 Å². The van der Waals surface area contributed by atoms with E-state index in [-0.39, 0.29) is 0 Å². The molecule has 0 bridgehead atoms. The van der Waals surface area contributed by atoms with Crippen LogP contribution in [-0.2, 0) is 6.42 Å². The fraction of sp³-hybridized carbons (Fsp3) is 0.214. The van der Waals surface area contributed by atoms with Gasteiger partial charge in [-0.05, 0) is 24.6 Å². The van der Waals surface area contributed by atoms with Crippen LogP contribution in [0.3, 0.4) is 0 Å². The van der Waals surface area contributed by atoms with Crippen LogP contribution in [0, 0.1) is 5.92 Å². The molecular weight excluding hydrogens is 210 g/mol. The highest BCUT2D eigenvalue weighted by molar-refractivity contribution is 6.05. The molecule has 17 heavy (non-hydrogen) atoms. The van der Waals surface area contributed by atoms with Gasteiger partial charge >= 0.3 is 0 Å². The molecule has 3 heteroatoms. The van der Waals surface area contributed by atoms with E-state index in [2.05, 4.69) is 53.1 Å². The molecule has 1 aliphatic carbocycles. The minimum Gasteiger partial charge on any atom is -0.323 e. The van der Waals surface area contributed by atoms with Crippen LogP contribution in [0.15, 0.2) is 47.7 Å². The van der Waals surface area contributed by atoms with Crippen LogP contribution >= 0.6 is 0 Å². The number of para-hydroxylation sites is 1. The van der Waals surface area contributed by atoms with Gasteiger partial charge in [-0.2, -0.15) is 5.10 Å². The topological polar surface area (TPSA) is 43.3 Å². The van der Waals surface area contributed by atoms with Crippen molar-refractivity contribution >= 4 is 5.71 Å². The molecule has 0 aliphatic heterocycles. The van der Waals surface area contributed by atoms with Crippen LogP contribution in [0.1, 0.15) is 18.2 Å². The Morgan fingerprint density at radius 3 is 2.71 bits per heavy atom. The summed E-state index contributed by atoms with van der Waals surface area (Å²) < 4.78 is 2.23. The molecule has 2 aromatic rings. The number of nitrogens with zero attached hydrogens (tertiary/aromatic N) is 2. The van der Waals surface area contributed by atoms with Gasteiger partial charge in [-0.25, -0.2) is 0 Å². The summed E-state index contributed by atoms with van der Waals surface area (Å²) >= 11 is 0. The van der Waals surface area contributed by atoms with E-state index in [1.54, 1.807) is 0 Å². The zero-order valence-corrected chi connectivity index (χ0v) is 9.80. The second kappa shape index (κ2) is 3.77. The van der Waals surface area contributed by atoms with Gasteiger partial charge in [-0.15, -0.1) is 0 Å². The highest BCUT2D eigenvalue weighted by atomic mass is 15.1. The first-order chi connectivity index (χ1) is 8.31. The van der Waals surface area contributed by atoms with E-state index >= 15 is 0 Å². The summed E-state index contributed by atoms with van der Waals surface area (Å²) in [5, 5.41) is 3.92. The van der Waals surface area contributed by atoms with Crippen LogP contribution in [0.4, 0.5) is 0 Å². The molecule has 0 saturated carbocycles. The molecule has 2 N–H and O–H groups in total. The van der Waals surface area contributed by atoms with E-state index in [4.69, 9.17) is 5.84 Å². The van der Waals surface area contributed by atoms with Crippen molar-refractivity contribution in [3.63, 3.8) is 0 Å². The van der Waals surface area contributed by atoms with Gasteiger partial charge in [0.15, 0.2) is 0 Å². The molecule has 0 saturated heterocycles. The summed E-state index contributed by atoms with van der Waals surface area (Å²) in [4.78, 5) is 0. The van der Waals surface area contributed by atoms with Crippen LogP contribution < -0.4 is 5.84 Å². The Bertz CT molecular complexity index is 566. The second-order valence-electron chi connectivity index (χ2n) is 4.50. The molecule has 0 fully saturated rings. The van der Waals surface area contributed by atoms with E-state index in [0.29, 0.717) is 5.92 Å². The highest BCUT2D eigenvalue weighted by Crippen LogP contribution is 2.29. The van der Waals surface area contributed by atoms with E-state index in [0.717, 1.165) is 12.1 Å². The van der Waals surface area contributed by atoms with Crippen molar-refractivity contribution in [2.24, 2.45) is 16.9 Å². The zero-order chi connectivity index (χ0) is 11.8. The Kier molecular flexibility index (Phi) is 2.25. The Labute approximate surface area is 101 Å². The fourth-order valence-corrected chi connectivity index (χ4v) is 2.59. The Balaban J connectivity index is 2.13. The zero-order valence-electron chi connectivity index (χ0n) is 9.80. The SMILES string of the molecule is CC1Cc2c(ccn2-c2ccccc2)C1=NN.